The van der Waals surface area contributed by atoms with Gasteiger partial charge in [-0.2, -0.15) is 0 Å². The van der Waals surface area contributed by atoms with E-state index in [2.05, 4.69) is 5.32 Å². The van der Waals surface area contributed by atoms with Crippen molar-refractivity contribution in [3.8, 4) is 23.0 Å². The molecule has 0 saturated carbocycles. The van der Waals surface area contributed by atoms with Crippen LogP contribution in [0.4, 0.5) is 5.69 Å². The van der Waals surface area contributed by atoms with Gasteiger partial charge in [-0.05, 0) is 45.0 Å². The molecule has 0 aliphatic carbocycles. The summed E-state index contributed by atoms with van der Waals surface area (Å²) in [4.78, 5) is 34.7. The largest absolute Gasteiger partial charge is 0.490 e. The number of nitro benzene ring substituents is 1. The molecule has 2 rings (SSSR count). The van der Waals surface area contributed by atoms with Crippen molar-refractivity contribution in [2.24, 2.45) is 0 Å². The van der Waals surface area contributed by atoms with Crippen molar-refractivity contribution in [2.75, 3.05) is 26.4 Å². The van der Waals surface area contributed by atoms with Crippen LogP contribution in [0.15, 0.2) is 36.4 Å². The maximum Gasteiger partial charge on any atom is 0.312 e. The molecule has 0 radical (unpaired) electrons. The molecule has 0 spiro atoms. The van der Waals surface area contributed by atoms with Crippen molar-refractivity contribution < 1.29 is 33.5 Å². The number of hydrogen-bond acceptors (Lipinski definition) is 8. The minimum Gasteiger partial charge on any atom is -0.490 e. The summed E-state index contributed by atoms with van der Waals surface area (Å²) in [6.45, 7) is 6.67. The van der Waals surface area contributed by atoms with Crippen molar-refractivity contribution in [3.05, 3.63) is 52.1 Å². The highest BCUT2D eigenvalue weighted by Gasteiger charge is 2.18. The Hall–Kier alpha value is -3.82. The molecule has 0 atom stereocenters. The van der Waals surface area contributed by atoms with Gasteiger partial charge in [0.25, 0.3) is 11.6 Å². The minimum absolute atomic E-state index is 0.0335. The number of carbonyl (C=O) groups excluding carboxylic acids is 2. The first-order chi connectivity index (χ1) is 15.4. The van der Waals surface area contributed by atoms with Crippen LogP contribution < -0.4 is 24.3 Å². The molecule has 0 saturated heterocycles. The predicted molar refractivity (Wildman–Crippen MR) is 116 cm³/mol. The molecule has 10 nitrogen and oxygen atoms in total. The zero-order chi connectivity index (χ0) is 23.5. The van der Waals surface area contributed by atoms with Gasteiger partial charge in [-0.25, -0.2) is 0 Å². The first-order valence-electron chi connectivity index (χ1n) is 10.2. The van der Waals surface area contributed by atoms with Crippen molar-refractivity contribution in [1.82, 2.24) is 5.32 Å². The van der Waals surface area contributed by atoms with Crippen molar-refractivity contribution in [3.63, 3.8) is 0 Å². The van der Waals surface area contributed by atoms with Gasteiger partial charge >= 0.3 is 5.97 Å². The number of hydrogen-bond donors (Lipinski definition) is 1. The molecule has 32 heavy (non-hydrogen) atoms. The summed E-state index contributed by atoms with van der Waals surface area (Å²) >= 11 is 0. The number of ether oxygens (including phenoxy) is 4. The number of benzene rings is 2. The SMILES string of the molecule is CCOc1cc(C(=O)NCCC(=O)Oc2ccc([N+](=O)[O-])cc2)cc(OCC)c1OCC. The zero-order valence-electron chi connectivity index (χ0n) is 18.2. The third kappa shape index (κ3) is 6.86. The molecule has 0 aromatic heterocycles. The molecular formula is C22H26N2O8. The second-order valence-electron chi connectivity index (χ2n) is 6.33. The molecule has 2 aromatic carbocycles. The molecule has 0 heterocycles. The molecule has 0 fully saturated rings. The highest BCUT2D eigenvalue weighted by atomic mass is 16.6. The van der Waals surface area contributed by atoms with Crippen LogP contribution in [0.3, 0.4) is 0 Å². The van der Waals surface area contributed by atoms with E-state index in [-0.39, 0.29) is 24.4 Å². The lowest BCUT2D eigenvalue weighted by molar-refractivity contribution is -0.384. The number of nitrogens with zero attached hydrogens (tertiary/aromatic N) is 1. The summed E-state index contributed by atoms with van der Waals surface area (Å²) in [6.07, 6.45) is -0.0869. The van der Waals surface area contributed by atoms with E-state index in [1.54, 1.807) is 12.1 Å². The minimum atomic E-state index is -0.587. The van der Waals surface area contributed by atoms with Gasteiger partial charge in [0.2, 0.25) is 5.75 Å². The van der Waals surface area contributed by atoms with E-state index in [1.807, 2.05) is 20.8 Å². The van der Waals surface area contributed by atoms with Gasteiger partial charge < -0.3 is 24.3 Å². The molecule has 0 aliphatic rings. The first-order valence-corrected chi connectivity index (χ1v) is 10.2. The highest BCUT2D eigenvalue weighted by molar-refractivity contribution is 5.95. The van der Waals surface area contributed by atoms with Crippen LogP contribution in [0.2, 0.25) is 0 Å². The molecule has 1 N–H and O–H groups in total. The monoisotopic (exact) mass is 446 g/mol. The van der Waals surface area contributed by atoms with Crippen LogP contribution >= 0.6 is 0 Å². The Morgan fingerprint density at radius 3 is 2.00 bits per heavy atom. The number of amides is 1. The first kappa shape index (κ1) is 24.4. The number of carbonyl (C=O) groups is 2. The Morgan fingerprint density at radius 1 is 0.938 bits per heavy atom. The molecule has 10 heteroatoms. The lowest BCUT2D eigenvalue weighted by Crippen LogP contribution is -2.27. The number of nitro groups is 1. The van der Waals surface area contributed by atoms with Gasteiger partial charge in [0.05, 0.1) is 31.2 Å². The maximum atomic E-state index is 12.6. The van der Waals surface area contributed by atoms with E-state index in [0.717, 1.165) is 0 Å². The topological polar surface area (TPSA) is 126 Å². The van der Waals surface area contributed by atoms with E-state index in [9.17, 15) is 19.7 Å². The zero-order valence-corrected chi connectivity index (χ0v) is 18.2. The maximum absolute atomic E-state index is 12.6. The molecule has 0 unspecified atom stereocenters. The van der Waals surface area contributed by atoms with E-state index < -0.39 is 16.8 Å². The number of esters is 1. The van der Waals surface area contributed by atoms with Crippen molar-refractivity contribution >= 4 is 17.6 Å². The second-order valence-corrected chi connectivity index (χ2v) is 6.33. The van der Waals surface area contributed by atoms with Gasteiger partial charge in [-0.1, -0.05) is 0 Å². The fourth-order valence-corrected chi connectivity index (χ4v) is 2.72. The number of nitrogens with one attached hydrogen (secondary N) is 1. The van der Waals surface area contributed by atoms with Crippen LogP contribution in [0.1, 0.15) is 37.6 Å². The number of rotatable bonds is 12. The smallest absolute Gasteiger partial charge is 0.312 e. The van der Waals surface area contributed by atoms with Crippen LogP contribution in [0, 0.1) is 10.1 Å². The average Bonchev–Trinajstić information content (AvgIpc) is 2.76. The quantitative estimate of drug-likeness (QED) is 0.227. The lowest BCUT2D eigenvalue weighted by Gasteiger charge is -2.17. The fraction of sp³-hybridized carbons (Fsp3) is 0.364. The number of non-ortho nitro benzene ring substituents is 1. The van der Waals surface area contributed by atoms with E-state index >= 15 is 0 Å². The Bertz CT molecular complexity index is 916. The molecular weight excluding hydrogens is 420 g/mol. The van der Waals surface area contributed by atoms with Crippen LogP contribution in [-0.4, -0.2) is 43.2 Å². The third-order valence-electron chi connectivity index (χ3n) is 4.07. The predicted octanol–water partition coefficient (Wildman–Crippen LogP) is 3.52. The molecule has 0 bridgehead atoms. The van der Waals surface area contributed by atoms with E-state index in [1.165, 1.54) is 24.3 Å². The average molecular weight is 446 g/mol. The van der Waals surface area contributed by atoms with Gasteiger partial charge in [-0.3, -0.25) is 19.7 Å². The molecule has 2 aromatic rings. The fourth-order valence-electron chi connectivity index (χ4n) is 2.72. The molecule has 0 aliphatic heterocycles. The van der Waals surface area contributed by atoms with Gasteiger partial charge in [0.15, 0.2) is 11.5 Å². The van der Waals surface area contributed by atoms with Gasteiger partial charge in [0.1, 0.15) is 5.75 Å². The summed E-state index contributed by atoms with van der Waals surface area (Å²) in [5.41, 5.74) is 0.189. The van der Waals surface area contributed by atoms with Crippen LogP contribution in [0.5, 0.6) is 23.0 Å². The summed E-state index contributed by atoms with van der Waals surface area (Å²) in [6, 6.07) is 8.26. The standard InChI is InChI=1S/C22H26N2O8/c1-4-29-18-13-15(14-19(30-5-2)21(18)31-6-3)22(26)23-12-11-20(25)32-17-9-7-16(8-10-17)24(27)28/h7-10,13-14H,4-6,11-12H2,1-3H3,(H,23,26). The van der Waals surface area contributed by atoms with Crippen LogP contribution in [-0.2, 0) is 4.79 Å². The Kier molecular flexibility index (Phi) is 9.27. The second kappa shape index (κ2) is 12.1. The Balaban J connectivity index is 1.99. The molecule has 172 valence electrons. The molecule has 1 amide bonds. The van der Waals surface area contributed by atoms with Gasteiger partial charge in [0, 0.05) is 24.2 Å². The normalized spacial score (nSPS) is 10.2. The lowest BCUT2D eigenvalue weighted by atomic mass is 10.1. The van der Waals surface area contributed by atoms with Crippen molar-refractivity contribution in [2.45, 2.75) is 27.2 Å². The summed E-state index contributed by atoms with van der Waals surface area (Å²) in [7, 11) is 0. The van der Waals surface area contributed by atoms with Crippen molar-refractivity contribution in [1.29, 1.82) is 0 Å². The Labute approximate surface area is 185 Å². The van der Waals surface area contributed by atoms with Gasteiger partial charge in [-0.15, -0.1) is 0 Å². The van der Waals surface area contributed by atoms with E-state index in [0.29, 0.717) is 42.6 Å². The Morgan fingerprint density at radius 2 is 1.50 bits per heavy atom. The van der Waals surface area contributed by atoms with Crippen LogP contribution in [0.25, 0.3) is 0 Å². The highest BCUT2D eigenvalue weighted by Crippen LogP contribution is 2.39. The van der Waals surface area contributed by atoms with E-state index in [4.69, 9.17) is 18.9 Å². The summed E-state index contributed by atoms with van der Waals surface area (Å²) < 4.78 is 21.9. The summed E-state index contributed by atoms with van der Waals surface area (Å²) in [5, 5.41) is 13.3. The third-order valence-corrected chi connectivity index (χ3v) is 4.07. The summed E-state index contributed by atoms with van der Waals surface area (Å²) in [5.74, 6) is 0.389.